The summed E-state index contributed by atoms with van der Waals surface area (Å²) in [7, 11) is -3.66. The number of benzene rings is 2. The molecule has 6 nitrogen and oxygen atoms in total. The summed E-state index contributed by atoms with van der Waals surface area (Å²) < 4.78 is 45.4. The van der Waals surface area contributed by atoms with E-state index in [1.165, 1.54) is 52.8 Å². The summed E-state index contributed by atoms with van der Waals surface area (Å²) >= 11 is 0. The van der Waals surface area contributed by atoms with Gasteiger partial charge in [0.25, 0.3) is 0 Å². The summed E-state index contributed by atoms with van der Waals surface area (Å²) in [5.41, 5.74) is 0.555. The smallest absolute Gasteiger partial charge is 0.338 e. The van der Waals surface area contributed by atoms with E-state index in [1.807, 2.05) is 0 Å². The van der Waals surface area contributed by atoms with Crippen LogP contribution in [0.3, 0.4) is 0 Å². The van der Waals surface area contributed by atoms with Gasteiger partial charge in [0.2, 0.25) is 10.0 Å². The number of esters is 1. The molecule has 0 N–H and O–H groups in total. The summed E-state index contributed by atoms with van der Waals surface area (Å²) in [5.74, 6) is -1.21. The lowest BCUT2D eigenvalue weighted by Gasteiger charge is -2.20. The van der Waals surface area contributed by atoms with E-state index in [2.05, 4.69) is 0 Å². The molecular formula is C23H26FNO5S. The fraction of sp³-hybridized carbons (Fsp3) is 0.391. The molecule has 166 valence electrons. The van der Waals surface area contributed by atoms with Gasteiger partial charge in [0, 0.05) is 25.1 Å². The van der Waals surface area contributed by atoms with Crippen molar-refractivity contribution < 1.29 is 27.1 Å². The first-order chi connectivity index (χ1) is 14.9. The van der Waals surface area contributed by atoms with Crippen LogP contribution in [0.15, 0.2) is 53.4 Å². The lowest BCUT2D eigenvalue weighted by molar-refractivity contribution is 0.0494. The topological polar surface area (TPSA) is 80.8 Å². The van der Waals surface area contributed by atoms with Gasteiger partial charge >= 0.3 is 5.97 Å². The van der Waals surface area contributed by atoms with Gasteiger partial charge in [-0.3, -0.25) is 4.79 Å². The summed E-state index contributed by atoms with van der Waals surface area (Å²) in [5, 5.41) is 0. The van der Waals surface area contributed by atoms with E-state index in [0.717, 1.165) is 25.7 Å². The summed E-state index contributed by atoms with van der Waals surface area (Å²) in [6.07, 6.45) is 4.16. The Hall–Kier alpha value is -2.58. The van der Waals surface area contributed by atoms with Gasteiger partial charge in [0.1, 0.15) is 5.82 Å². The second-order valence-corrected chi connectivity index (χ2v) is 9.45. The molecule has 0 spiro atoms. The predicted molar refractivity (Wildman–Crippen MR) is 114 cm³/mol. The Balaban J connectivity index is 1.55. The van der Waals surface area contributed by atoms with Gasteiger partial charge in [-0.1, -0.05) is 18.9 Å². The molecule has 0 unspecified atom stereocenters. The minimum Gasteiger partial charge on any atom is -0.462 e. The standard InChI is InChI=1S/C23H26FNO5S/c24-20-12-10-18(11-13-20)22(26)9-6-16-30-23(27)19-7-5-8-21(17-19)31(28,29)25-14-3-1-2-4-15-25/h5,7-8,10-13,17H,1-4,6,9,14-16H2. The number of Topliss-reactive ketones (excluding diaryl/α,β-unsaturated/α-hetero) is 1. The Morgan fingerprint density at radius 1 is 0.935 bits per heavy atom. The second kappa shape index (κ2) is 10.6. The molecule has 0 amide bonds. The van der Waals surface area contributed by atoms with Crippen molar-refractivity contribution in [3.05, 3.63) is 65.5 Å². The predicted octanol–water partition coefficient (Wildman–Crippen LogP) is 4.21. The van der Waals surface area contributed by atoms with E-state index in [0.29, 0.717) is 25.1 Å². The van der Waals surface area contributed by atoms with Gasteiger partial charge in [0.15, 0.2) is 5.78 Å². The molecule has 8 heteroatoms. The number of carbonyl (C=O) groups excluding carboxylic acids is 2. The molecule has 0 saturated carbocycles. The van der Waals surface area contributed by atoms with E-state index in [9.17, 15) is 22.4 Å². The summed E-state index contributed by atoms with van der Waals surface area (Å²) in [6.45, 7) is 0.993. The van der Waals surface area contributed by atoms with Crippen LogP contribution in [-0.2, 0) is 14.8 Å². The van der Waals surface area contributed by atoms with E-state index in [-0.39, 0.29) is 29.3 Å². The van der Waals surface area contributed by atoms with Gasteiger partial charge in [0.05, 0.1) is 17.1 Å². The Morgan fingerprint density at radius 3 is 2.29 bits per heavy atom. The highest BCUT2D eigenvalue weighted by Gasteiger charge is 2.26. The molecule has 0 bridgehead atoms. The normalized spacial score (nSPS) is 15.3. The van der Waals surface area contributed by atoms with Crippen LogP contribution in [0.4, 0.5) is 4.39 Å². The van der Waals surface area contributed by atoms with Gasteiger partial charge in [-0.15, -0.1) is 0 Å². The van der Waals surface area contributed by atoms with Crippen molar-refractivity contribution in [2.75, 3.05) is 19.7 Å². The molecule has 1 aliphatic rings. The van der Waals surface area contributed by atoms with Crippen molar-refractivity contribution in [2.24, 2.45) is 0 Å². The lowest BCUT2D eigenvalue weighted by atomic mass is 10.1. The fourth-order valence-electron chi connectivity index (χ4n) is 3.48. The maximum atomic E-state index is 12.9. The zero-order valence-corrected chi connectivity index (χ0v) is 18.1. The average molecular weight is 448 g/mol. The van der Waals surface area contributed by atoms with E-state index >= 15 is 0 Å². The van der Waals surface area contributed by atoms with E-state index in [1.54, 1.807) is 0 Å². The zero-order valence-electron chi connectivity index (χ0n) is 17.3. The Labute approximate surface area is 182 Å². The molecule has 31 heavy (non-hydrogen) atoms. The van der Waals surface area contributed by atoms with Gasteiger partial charge in [-0.25, -0.2) is 17.6 Å². The third-order valence-corrected chi connectivity index (χ3v) is 7.11. The molecule has 2 aromatic rings. The van der Waals surface area contributed by atoms with Crippen LogP contribution in [0.5, 0.6) is 0 Å². The van der Waals surface area contributed by atoms with Crippen molar-refractivity contribution in [1.29, 1.82) is 0 Å². The first-order valence-corrected chi connectivity index (χ1v) is 11.9. The number of sulfonamides is 1. The molecule has 1 aliphatic heterocycles. The molecule has 0 aliphatic carbocycles. The van der Waals surface area contributed by atoms with Crippen LogP contribution in [-0.4, -0.2) is 44.2 Å². The first-order valence-electron chi connectivity index (χ1n) is 10.4. The zero-order chi connectivity index (χ0) is 22.3. The average Bonchev–Trinajstić information content (AvgIpc) is 3.07. The minimum absolute atomic E-state index is 0.0227. The Bertz CT molecular complexity index is 1010. The fourth-order valence-corrected chi connectivity index (χ4v) is 5.04. The number of ketones is 1. The van der Waals surface area contributed by atoms with Crippen LogP contribution in [0.1, 0.15) is 59.2 Å². The number of ether oxygens (including phenoxy) is 1. The van der Waals surface area contributed by atoms with Gasteiger partial charge in [-0.2, -0.15) is 4.31 Å². The molecule has 2 aromatic carbocycles. The van der Waals surface area contributed by atoms with E-state index in [4.69, 9.17) is 4.74 Å². The first kappa shape index (κ1) is 23.1. The molecule has 3 rings (SSSR count). The Morgan fingerprint density at radius 2 is 1.61 bits per heavy atom. The van der Waals surface area contributed by atoms with Crippen LogP contribution in [0.25, 0.3) is 0 Å². The lowest BCUT2D eigenvalue weighted by Crippen LogP contribution is -2.32. The molecule has 1 fully saturated rings. The highest BCUT2D eigenvalue weighted by Crippen LogP contribution is 2.21. The van der Waals surface area contributed by atoms with Crippen molar-refractivity contribution in [3.8, 4) is 0 Å². The monoisotopic (exact) mass is 447 g/mol. The minimum atomic E-state index is -3.66. The number of rotatable bonds is 8. The summed E-state index contributed by atoms with van der Waals surface area (Å²) in [4.78, 5) is 24.5. The largest absolute Gasteiger partial charge is 0.462 e. The third-order valence-electron chi connectivity index (χ3n) is 5.22. The van der Waals surface area contributed by atoms with Crippen LogP contribution < -0.4 is 0 Å². The second-order valence-electron chi connectivity index (χ2n) is 7.52. The van der Waals surface area contributed by atoms with Crippen molar-refractivity contribution in [1.82, 2.24) is 4.31 Å². The molecular weight excluding hydrogens is 421 g/mol. The number of halogens is 1. The highest BCUT2D eigenvalue weighted by atomic mass is 32.2. The number of carbonyl (C=O) groups is 2. The quantitative estimate of drug-likeness (QED) is 0.344. The van der Waals surface area contributed by atoms with Crippen LogP contribution in [0.2, 0.25) is 0 Å². The number of nitrogens with zero attached hydrogens (tertiary/aromatic N) is 1. The summed E-state index contributed by atoms with van der Waals surface area (Å²) in [6, 6.07) is 11.1. The number of hydrogen-bond donors (Lipinski definition) is 0. The molecule has 0 atom stereocenters. The molecule has 1 saturated heterocycles. The van der Waals surface area contributed by atoms with Gasteiger partial charge < -0.3 is 4.74 Å². The maximum absolute atomic E-state index is 12.9. The van der Waals surface area contributed by atoms with Crippen molar-refractivity contribution in [3.63, 3.8) is 0 Å². The van der Waals surface area contributed by atoms with Gasteiger partial charge in [-0.05, 0) is 61.7 Å². The maximum Gasteiger partial charge on any atom is 0.338 e. The van der Waals surface area contributed by atoms with Crippen molar-refractivity contribution >= 4 is 21.8 Å². The third kappa shape index (κ3) is 6.21. The van der Waals surface area contributed by atoms with E-state index < -0.39 is 21.8 Å². The van der Waals surface area contributed by atoms with Crippen LogP contribution in [0, 0.1) is 5.82 Å². The molecule has 0 aromatic heterocycles. The Kier molecular flexibility index (Phi) is 7.92. The number of hydrogen-bond acceptors (Lipinski definition) is 5. The van der Waals surface area contributed by atoms with Crippen molar-refractivity contribution in [2.45, 2.75) is 43.4 Å². The van der Waals surface area contributed by atoms with Crippen LogP contribution >= 0.6 is 0 Å². The highest BCUT2D eigenvalue weighted by molar-refractivity contribution is 7.89. The molecule has 0 radical (unpaired) electrons. The molecule has 1 heterocycles. The SMILES string of the molecule is O=C(CCCOC(=O)c1cccc(S(=O)(=O)N2CCCCCC2)c1)c1ccc(F)cc1.